The lowest BCUT2D eigenvalue weighted by atomic mass is 9.86. The summed E-state index contributed by atoms with van der Waals surface area (Å²) >= 11 is 0. The highest BCUT2D eigenvalue weighted by Gasteiger charge is 2.27. The molecule has 0 bridgehead atoms. The molecule has 10 heteroatoms. The summed E-state index contributed by atoms with van der Waals surface area (Å²) in [5.41, 5.74) is 4.23. The molecular weight excluding hydrogens is 506 g/mol. The van der Waals surface area contributed by atoms with Crippen LogP contribution in [0, 0.1) is 6.92 Å². The number of carbonyl (C=O) groups is 1. The van der Waals surface area contributed by atoms with E-state index < -0.39 is 0 Å². The van der Waals surface area contributed by atoms with Gasteiger partial charge in [0.1, 0.15) is 11.5 Å². The number of anilines is 2. The van der Waals surface area contributed by atoms with Gasteiger partial charge in [0.25, 0.3) is 5.56 Å². The third-order valence-corrected chi connectivity index (χ3v) is 7.62. The topological polar surface area (TPSA) is 125 Å². The number of ether oxygens (including phenoxy) is 1. The van der Waals surface area contributed by atoms with Crippen LogP contribution in [0.4, 0.5) is 11.5 Å². The van der Waals surface area contributed by atoms with Gasteiger partial charge in [-0.15, -0.1) is 0 Å². The third-order valence-electron chi connectivity index (χ3n) is 7.62. The zero-order chi connectivity index (χ0) is 28.2. The Bertz CT molecular complexity index is 1580. The summed E-state index contributed by atoms with van der Waals surface area (Å²) in [6, 6.07) is 9.85. The van der Waals surface area contributed by atoms with Crippen LogP contribution in [-0.2, 0) is 4.79 Å². The molecule has 1 aromatic carbocycles. The van der Waals surface area contributed by atoms with Gasteiger partial charge in [0.2, 0.25) is 11.8 Å². The standard InChI is InChI=1S/C30H35N7O3/c1-5-32-29(38)19(3)37-12-9-20(10-13-37)23-7-6-22(14-18(23)2)34-28-27-21(8-11-33-30(27)39)15-24(36-28)25-16-31-17-26(35-25)40-4/h6-8,11,14-17,19-20H,5,9-10,12-13H2,1-4H3,(H,32,38)(H,33,39)(H,34,36). The van der Waals surface area contributed by atoms with Gasteiger partial charge in [-0.1, -0.05) is 6.07 Å². The molecule has 10 nitrogen and oxygen atoms in total. The van der Waals surface area contributed by atoms with Crippen molar-refractivity contribution in [2.45, 2.75) is 45.6 Å². The number of pyridine rings is 2. The molecule has 0 aliphatic carbocycles. The molecule has 0 radical (unpaired) electrons. The zero-order valence-electron chi connectivity index (χ0n) is 23.3. The summed E-state index contributed by atoms with van der Waals surface area (Å²) in [6.45, 7) is 8.47. The second-order valence-corrected chi connectivity index (χ2v) is 10.2. The van der Waals surface area contributed by atoms with E-state index >= 15 is 0 Å². The Hall–Kier alpha value is -4.31. The van der Waals surface area contributed by atoms with Crippen LogP contribution in [0.2, 0.25) is 0 Å². The largest absolute Gasteiger partial charge is 0.480 e. The molecule has 1 aliphatic heterocycles. The average molecular weight is 542 g/mol. The van der Waals surface area contributed by atoms with Gasteiger partial charge in [-0.3, -0.25) is 19.5 Å². The molecule has 208 valence electrons. The Labute approximate surface area is 233 Å². The molecule has 1 amide bonds. The molecule has 1 fully saturated rings. The van der Waals surface area contributed by atoms with Crippen molar-refractivity contribution < 1.29 is 9.53 Å². The molecule has 1 aliphatic rings. The van der Waals surface area contributed by atoms with Gasteiger partial charge in [-0.05, 0) is 93.4 Å². The molecular formula is C30H35N7O3. The Balaban J connectivity index is 1.38. The monoisotopic (exact) mass is 541 g/mol. The summed E-state index contributed by atoms with van der Waals surface area (Å²) < 4.78 is 5.23. The number of hydrogen-bond acceptors (Lipinski definition) is 8. The SMILES string of the molecule is CCNC(=O)C(C)N1CCC(c2ccc(Nc3nc(-c4cncc(OC)n4)cc4cc[nH]c(=O)c34)cc2C)CC1. The number of aromatic amines is 1. The number of amides is 1. The fraction of sp³-hybridized carbons (Fsp3) is 0.367. The van der Waals surface area contributed by atoms with Gasteiger partial charge in [0.15, 0.2) is 0 Å². The molecule has 0 saturated carbocycles. The summed E-state index contributed by atoms with van der Waals surface area (Å²) in [5.74, 6) is 1.35. The first-order chi connectivity index (χ1) is 19.4. The number of likely N-dealkylation sites (N-methyl/N-ethyl adjacent to an activating group) is 1. The van der Waals surface area contributed by atoms with Crippen LogP contribution < -0.4 is 20.9 Å². The molecule has 3 N–H and O–H groups in total. The quantitative estimate of drug-likeness (QED) is 0.304. The highest BCUT2D eigenvalue weighted by molar-refractivity contribution is 5.95. The zero-order valence-corrected chi connectivity index (χ0v) is 23.3. The van der Waals surface area contributed by atoms with Gasteiger partial charge in [-0.2, -0.15) is 0 Å². The van der Waals surface area contributed by atoms with Crippen molar-refractivity contribution in [1.29, 1.82) is 0 Å². The fourth-order valence-corrected chi connectivity index (χ4v) is 5.44. The molecule has 40 heavy (non-hydrogen) atoms. The number of rotatable bonds is 8. The van der Waals surface area contributed by atoms with E-state index in [1.807, 2.05) is 32.0 Å². The smallest absolute Gasteiger partial charge is 0.259 e. The normalized spacial score (nSPS) is 15.1. The van der Waals surface area contributed by atoms with Crippen LogP contribution in [0.1, 0.15) is 43.7 Å². The maximum atomic E-state index is 12.8. The van der Waals surface area contributed by atoms with Gasteiger partial charge >= 0.3 is 0 Å². The third kappa shape index (κ3) is 5.67. The number of H-pyrrole nitrogens is 1. The number of likely N-dealkylation sites (tertiary alicyclic amines) is 1. The molecule has 0 spiro atoms. The van der Waals surface area contributed by atoms with Gasteiger partial charge in [-0.25, -0.2) is 9.97 Å². The van der Waals surface area contributed by atoms with Crippen LogP contribution in [0.5, 0.6) is 5.88 Å². The molecule has 4 heterocycles. The highest BCUT2D eigenvalue weighted by atomic mass is 16.5. The molecule has 1 saturated heterocycles. The summed E-state index contributed by atoms with van der Waals surface area (Å²) in [6.07, 6.45) is 6.78. The summed E-state index contributed by atoms with van der Waals surface area (Å²) in [7, 11) is 1.54. The van der Waals surface area contributed by atoms with Crippen molar-refractivity contribution in [2.75, 3.05) is 32.1 Å². The van der Waals surface area contributed by atoms with Crippen molar-refractivity contribution >= 4 is 28.2 Å². The number of aryl methyl sites for hydroxylation is 1. The first-order valence-corrected chi connectivity index (χ1v) is 13.7. The lowest BCUT2D eigenvalue weighted by Gasteiger charge is -2.36. The second-order valence-electron chi connectivity index (χ2n) is 10.2. The highest BCUT2D eigenvalue weighted by Crippen LogP contribution is 2.33. The minimum atomic E-state index is -0.224. The van der Waals surface area contributed by atoms with Crippen molar-refractivity contribution in [1.82, 2.24) is 30.2 Å². The molecule has 5 rings (SSSR count). The number of benzene rings is 1. The van der Waals surface area contributed by atoms with Gasteiger partial charge < -0.3 is 20.4 Å². The van der Waals surface area contributed by atoms with E-state index in [-0.39, 0.29) is 17.5 Å². The van der Waals surface area contributed by atoms with E-state index in [2.05, 4.69) is 49.5 Å². The van der Waals surface area contributed by atoms with E-state index in [4.69, 9.17) is 9.72 Å². The van der Waals surface area contributed by atoms with Gasteiger partial charge in [0.05, 0.1) is 36.6 Å². The van der Waals surface area contributed by atoms with E-state index in [1.54, 1.807) is 12.4 Å². The summed E-state index contributed by atoms with van der Waals surface area (Å²) in [5, 5.41) is 7.52. The van der Waals surface area contributed by atoms with E-state index in [1.165, 1.54) is 24.4 Å². The number of methoxy groups -OCH3 is 1. The van der Waals surface area contributed by atoms with Crippen LogP contribution in [0.15, 0.2) is 53.7 Å². The Morgan fingerprint density at radius 3 is 2.67 bits per heavy atom. The van der Waals surface area contributed by atoms with Gasteiger partial charge in [0, 0.05) is 18.4 Å². The second kappa shape index (κ2) is 11.8. The molecule has 1 unspecified atom stereocenters. The Morgan fingerprint density at radius 1 is 1.15 bits per heavy atom. The lowest BCUT2D eigenvalue weighted by molar-refractivity contribution is -0.126. The van der Waals surface area contributed by atoms with Crippen LogP contribution in [0.25, 0.3) is 22.2 Å². The summed E-state index contributed by atoms with van der Waals surface area (Å²) in [4.78, 5) is 43.5. The van der Waals surface area contributed by atoms with Crippen LogP contribution >= 0.6 is 0 Å². The van der Waals surface area contributed by atoms with Crippen molar-refractivity contribution in [2.24, 2.45) is 0 Å². The maximum Gasteiger partial charge on any atom is 0.259 e. The predicted octanol–water partition coefficient (Wildman–Crippen LogP) is 4.14. The lowest BCUT2D eigenvalue weighted by Crippen LogP contribution is -2.48. The minimum Gasteiger partial charge on any atom is -0.480 e. The molecule has 1 atom stereocenters. The molecule has 3 aromatic heterocycles. The minimum absolute atomic E-state index is 0.0926. The number of carbonyl (C=O) groups excluding carboxylic acids is 1. The molecule has 4 aromatic rings. The first-order valence-electron chi connectivity index (χ1n) is 13.7. The van der Waals surface area contributed by atoms with Crippen LogP contribution in [-0.4, -0.2) is 63.5 Å². The number of nitrogens with zero attached hydrogens (tertiary/aromatic N) is 4. The van der Waals surface area contributed by atoms with Crippen molar-refractivity contribution in [3.05, 3.63) is 70.4 Å². The van der Waals surface area contributed by atoms with E-state index in [9.17, 15) is 9.59 Å². The number of aromatic nitrogens is 4. The van der Waals surface area contributed by atoms with E-state index in [0.717, 1.165) is 37.0 Å². The number of fused-ring (bicyclic) bond motifs is 1. The number of hydrogen-bond donors (Lipinski definition) is 3. The van der Waals surface area contributed by atoms with Crippen molar-refractivity contribution in [3.8, 4) is 17.3 Å². The van der Waals surface area contributed by atoms with Crippen molar-refractivity contribution in [3.63, 3.8) is 0 Å². The Morgan fingerprint density at radius 2 is 1.95 bits per heavy atom. The maximum absolute atomic E-state index is 12.8. The average Bonchev–Trinajstić information content (AvgIpc) is 2.97. The van der Waals surface area contributed by atoms with Crippen LogP contribution in [0.3, 0.4) is 0 Å². The number of nitrogens with one attached hydrogen (secondary N) is 3. The predicted molar refractivity (Wildman–Crippen MR) is 156 cm³/mol. The number of piperidine rings is 1. The Kier molecular flexibility index (Phi) is 8.06. The first kappa shape index (κ1) is 27.3. The fourth-order valence-electron chi connectivity index (χ4n) is 5.44. The van der Waals surface area contributed by atoms with E-state index in [0.29, 0.717) is 40.9 Å².